The lowest BCUT2D eigenvalue weighted by molar-refractivity contribution is 0.102. The summed E-state index contributed by atoms with van der Waals surface area (Å²) >= 11 is 0. The topological polar surface area (TPSA) is 75.3 Å². The number of sulfonamides is 1. The highest BCUT2D eigenvalue weighted by molar-refractivity contribution is 7.92. The van der Waals surface area contributed by atoms with Crippen LogP contribution in [0.5, 0.6) is 0 Å². The van der Waals surface area contributed by atoms with Crippen LogP contribution in [0.3, 0.4) is 0 Å². The molecule has 3 rings (SSSR count). The Hall–Kier alpha value is -3.45. The second kappa shape index (κ2) is 9.66. The van der Waals surface area contributed by atoms with Gasteiger partial charge in [-0.15, -0.1) is 13.2 Å². The standard InChI is InChI=1S/C20H17FN2O3S.C2H4/c1-14-6-2-3-11-19(14)22-20(24)15-7-4-10-18(12-15)27(25,26)23-17-9-5-8-16(21)13-17;1-2/h2-13,23H,1H3,(H,22,24);1-2H2. The van der Waals surface area contributed by atoms with Gasteiger partial charge < -0.3 is 5.32 Å². The monoisotopic (exact) mass is 412 g/mol. The second-order valence-electron chi connectivity index (χ2n) is 5.91. The van der Waals surface area contributed by atoms with Crippen LogP contribution in [0.4, 0.5) is 15.8 Å². The first kappa shape index (κ1) is 21.8. The maximum atomic E-state index is 13.3. The Bertz CT molecular complexity index is 1110. The van der Waals surface area contributed by atoms with Gasteiger partial charge >= 0.3 is 0 Å². The summed E-state index contributed by atoms with van der Waals surface area (Å²) in [6.45, 7) is 7.86. The number of para-hydroxylation sites is 1. The molecule has 0 heterocycles. The lowest BCUT2D eigenvalue weighted by Gasteiger charge is -2.11. The molecule has 150 valence electrons. The van der Waals surface area contributed by atoms with Crippen molar-refractivity contribution in [1.82, 2.24) is 0 Å². The second-order valence-corrected chi connectivity index (χ2v) is 7.60. The molecular weight excluding hydrogens is 391 g/mol. The molecule has 1 amide bonds. The summed E-state index contributed by atoms with van der Waals surface area (Å²) in [5, 5.41) is 2.76. The maximum Gasteiger partial charge on any atom is 0.261 e. The van der Waals surface area contributed by atoms with E-state index in [2.05, 4.69) is 23.2 Å². The van der Waals surface area contributed by atoms with Crippen molar-refractivity contribution in [3.05, 3.63) is 103 Å². The molecule has 7 heteroatoms. The molecule has 0 spiro atoms. The van der Waals surface area contributed by atoms with Gasteiger partial charge in [-0.3, -0.25) is 9.52 Å². The van der Waals surface area contributed by atoms with Crippen molar-refractivity contribution >= 4 is 27.3 Å². The highest BCUT2D eigenvalue weighted by atomic mass is 32.2. The Labute approximate surface area is 170 Å². The minimum absolute atomic E-state index is 0.0933. The van der Waals surface area contributed by atoms with E-state index in [-0.39, 0.29) is 16.1 Å². The molecule has 0 aliphatic carbocycles. The third-order valence-electron chi connectivity index (χ3n) is 3.88. The molecular formula is C22H21FN2O3S. The highest BCUT2D eigenvalue weighted by Crippen LogP contribution is 2.19. The van der Waals surface area contributed by atoms with Crippen molar-refractivity contribution in [1.29, 1.82) is 0 Å². The summed E-state index contributed by atoms with van der Waals surface area (Å²) in [4.78, 5) is 12.4. The third-order valence-corrected chi connectivity index (χ3v) is 5.26. The van der Waals surface area contributed by atoms with E-state index in [9.17, 15) is 17.6 Å². The summed E-state index contributed by atoms with van der Waals surface area (Å²) < 4.78 is 40.6. The normalized spacial score (nSPS) is 10.4. The van der Waals surface area contributed by atoms with Gasteiger partial charge in [0.2, 0.25) is 0 Å². The number of hydrogen-bond donors (Lipinski definition) is 2. The average Bonchev–Trinajstić information content (AvgIpc) is 2.71. The zero-order valence-electron chi connectivity index (χ0n) is 15.9. The molecule has 0 saturated carbocycles. The first-order chi connectivity index (χ1) is 13.8. The van der Waals surface area contributed by atoms with E-state index in [4.69, 9.17) is 0 Å². The number of rotatable bonds is 5. The fourth-order valence-corrected chi connectivity index (χ4v) is 3.57. The smallest absolute Gasteiger partial charge is 0.261 e. The minimum atomic E-state index is -3.96. The summed E-state index contributed by atoms with van der Waals surface area (Å²) in [5.74, 6) is -0.978. The Kier molecular flexibility index (Phi) is 7.27. The van der Waals surface area contributed by atoms with E-state index >= 15 is 0 Å². The SMILES string of the molecule is C=C.Cc1ccccc1NC(=O)c1cccc(S(=O)(=O)Nc2cccc(F)c2)c1. The quantitative estimate of drug-likeness (QED) is 0.580. The maximum absolute atomic E-state index is 13.3. The Morgan fingerprint density at radius 2 is 1.62 bits per heavy atom. The molecule has 0 saturated heterocycles. The molecule has 0 fully saturated rings. The van der Waals surface area contributed by atoms with Crippen molar-refractivity contribution in [3.8, 4) is 0 Å². The predicted molar refractivity (Wildman–Crippen MR) is 114 cm³/mol. The van der Waals surface area contributed by atoms with E-state index in [1.807, 2.05) is 19.1 Å². The van der Waals surface area contributed by atoms with Crippen molar-refractivity contribution in [2.45, 2.75) is 11.8 Å². The largest absolute Gasteiger partial charge is 0.322 e. The van der Waals surface area contributed by atoms with E-state index in [1.165, 1.54) is 42.5 Å². The number of aryl methyl sites for hydroxylation is 1. The number of halogens is 1. The number of hydrogen-bond acceptors (Lipinski definition) is 3. The number of carbonyl (C=O) groups is 1. The lowest BCUT2D eigenvalue weighted by atomic mass is 10.1. The number of carbonyl (C=O) groups excluding carboxylic acids is 1. The highest BCUT2D eigenvalue weighted by Gasteiger charge is 2.17. The van der Waals surface area contributed by atoms with Crippen molar-refractivity contribution in [2.24, 2.45) is 0 Å². The third kappa shape index (κ3) is 5.76. The molecule has 0 radical (unpaired) electrons. The molecule has 3 aromatic rings. The first-order valence-electron chi connectivity index (χ1n) is 8.60. The molecule has 0 aliphatic heterocycles. The molecule has 0 aliphatic rings. The molecule has 29 heavy (non-hydrogen) atoms. The Morgan fingerprint density at radius 1 is 0.931 bits per heavy atom. The van der Waals surface area contributed by atoms with Crippen molar-refractivity contribution in [3.63, 3.8) is 0 Å². The van der Waals surface area contributed by atoms with E-state index < -0.39 is 21.7 Å². The first-order valence-corrected chi connectivity index (χ1v) is 10.1. The van der Waals surface area contributed by atoms with Gasteiger partial charge in [0.15, 0.2) is 0 Å². The molecule has 0 unspecified atom stereocenters. The van der Waals surface area contributed by atoms with Gasteiger partial charge in [0.25, 0.3) is 15.9 Å². The van der Waals surface area contributed by atoms with E-state index in [0.717, 1.165) is 11.6 Å². The van der Waals surface area contributed by atoms with Crippen LogP contribution >= 0.6 is 0 Å². The average molecular weight is 412 g/mol. The van der Waals surface area contributed by atoms with Crippen LogP contribution in [0.2, 0.25) is 0 Å². The van der Waals surface area contributed by atoms with Crippen LogP contribution < -0.4 is 10.0 Å². The number of nitrogens with one attached hydrogen (secondary N) is 2. The summed E-state index contributed by atoms with van der Waals surface area (Å²) in [6.07, 6.45) is 0. The van der Waals surface area contributed by atoms with Gasteiger partial charge in [0.05, 0.1) is 10.6 Å². The van der Waals surface area contributed by atoms with Crippen LogP contribution in [0, 0.1) is 12.7 Å². The summed E-state index contributed by atoms with van der Waals surface area (Å²) in [6, 6.07) is 18.1. The number of anilines is 2. The molecule has 3 aromatic carbocycles. The van der Waals surface area contributed by atoms with Gasteiger partial charge in [0, 0.05) is 11.3 Å². The van der Waals surface area contributed by atoms with E-state index in [0.29, 0.717) is 5.69 Å². The van der Waals surface area contributed by atoms with Gasteiger partial charge in [-0.25, -0.2) is 12.8 Å². The van der Waals surface area contributed by atoms with E-state index in [1.54, 1.807) is 12.1 Å². The van der Waals surface area contributed by atoms with Crippen LogP contribution in [0.25, 0.3) is 0 Å². The van der Waals surface area contributed by atoms with Crippen molar-refractivity contribution in [2.75, 3.05) is 10.0 Å². The lowest BCUT2D eigenvalue weighted by Crippen LogP contribution is -2.16. The molecule has 2 N–H and O–H groups in total. The fraction of sp³-hybridized carbons (Fsp3) is 0.0455. The zero-order valence-corrected chi connectivity index (χ0v) is 16.7. The molecule has 0 bridgehead atoms. The number of amides is 1. The molecule has 0 atom stereocenters. The van der Waals surface area contributed by atoms with Crippen LogP contribution in [-0.4, -0.2) is 14.3 Å². The van der Waals surface area contributed by atoms with Crippen LogP contribution in [0.1, 0.15) is 15.9 Å². The Morgan fingerprint density at radius 3 is 2.31 bits per heavy atom. The van der Waals surface area contributed by atoms with Crippen LogP contribution in [0.15, 0.2) is 90.8 Å². The van der Waals surface area contributed by atoms with Gasteiger partial charge in [-0.05, 0) is 55.0 Å². The molecule has 5 nitrogen and oxygen atoms in total. The zero-order chi connectivity index (χ0) is 21.4. The summed E-state index contributed by atoms with van der Waals surface area (Å²) in [5.41, 5.74) is 1.83. The molecule has 0 aromatic heterocycles. The minimum Gasteiger partial charge on any atom is -0.322 e. The van der Waals surface area contributed by atoms with Crippen LogP contribution in [-0.2, 0) is 10.0 Å². The fourth-order valence-electron chi connectivity index (χ4n) is 2.48. The van der Waals surface area contributed by atoms with Gasteiger partial charge in [0.1, 0.15) is 5.82 Å². The Balaban J connectivity index is 0.00000145. The predicted octanol–water partition coefficient (Wildman–Crippen LogP) is 4.99. The van der Waals surface area contributed by atoms with Gasteiger partial charge in [-0.1, -0.05) is 30.3 Å². The van der Waals surface area contributed by atoms with Gasteiger partial charge in [-0.2, -0.15) is 0 Å². The van der Waals surface area contributed by atoms with Crippen molar-refractivity contribution < 1.29 is 17.6 Å². The summed E-state index contributed by atoms with van der Waals surface area (Å²) in [7, 11) is -3.96. The number of benzene rings is 3.